The third-order valence-electron chi connectivity index (χ3n) is 2.59. The lowest BCUT2D eigenvalue weighted by molar-refractivity contribution is 0.112. The van der Waals surface area contributed by atoms with Crippen molar-refractivity contribution >= 4 is 12.0 Å². The van der Waals surface area contributed by atoms with Crippen LogP contribution in [0.4, 0.5) is 5.69 Å². The molecule has 0 saturated heterocycles. The molecule has 1 rings (SSSR count). The topological polar surface area (TPSA) is 20.3 Å². The molecule has 0 saturated carbocycles. The summed E-state index contributed by atoms with van der Waals surface area (Å²) >= 11 is 0. The summed E-state index contributed by atoms with van der Waals surface area (Å²) in [5, 5.41) is 0. The number of aryl methyl sites for hydroxylation is 1. The molecule has 86 valence electrons. The molecule has 0 atom stereocenters. The summed E-state index contributed by atoms with van der Waals surface area (Å²) in [7, 11) is 0. The minimum atomic E-state index is 0.763. The van der Waals surface area contributed by atoms with Gasteiger partial charge in [-0.25, -0.2) is 0 Å². The van der Waals surface area contributed by atoms with Crippen LogP contribution in [0.15, 0.2) is 30.9 Å². The Bertz CT molecular complexity index is 371. The van der Waals surface area contributed by atoms with Gasteiger partial charge in [-0.05, 0) is 37.1 Å². The van der Waals surface area contributed by atoms with Gasteiger partial charge < -0.3 is 4.90 Å². The first-order valence-corrected chi connectivity index (χ1v) is 5.64. The molecule has 0 aliphatic rings. The molecule has 16 heavy (non-hydrogen) atoms. The highest BCUT2D eigenvalue weighted by atomic mass is 16.1. The lowest BCUT2D eigenvalue weighted by atomic mass is 10.1. The second-order valence-electron chi connectivity index (χ2n) is 3.89. The third-order valence-corrected chi connectivity index (χ3v) is 2.59. The maximum atomic E-state index is 10.7. The van der Waals surface area contributed by atoms with E-state index in [-0.39, 0.29) is 0 Å². The first-order chi connectivity index (χ1) is 7.72. The standard InChI is InChI=1S/C14H19NO/c1-4-8-15(9-5-2)14-7-6-13(11-16)12(3)10-14/h4,6-7,10-11H,1,5,8-9H2,2-3H3. The second kappa shape index (κ2) is 6.11. The summed E-state index contributed by atoms with van der Waals surface area (Å²) < 4.78 is 0. The van der Waals surface area contributed by atoms with Gasteiger partial charge in [-0.2, -0.15) is 0 Å². The highest BCUT2D eigenvalue weighted by molar-refractivity contribution is 5.78. The molecule has 2 heteroatoms. The van der Waals surface area contributed by atoms with Gasteiger partial charge in [0.1, 0.15) is 6.29 Å². The number of aldehydes is 1. The number of rotatable bonds is 6. The van der Waals surface area contributed by atoms with Crippen molar-refractivity contribution in [2.45, 2.75) is 20.3 Å². The number of carbonyl (C=O) groups excluding carboxylic acids is 1. The molecule has 0 bridgehead atoms. The molecule has 0 N–H and O–H groups in total. The Morgan fingerprint density at radius 1 is 1.44 bits per heavy atom. The molecular formula is C14H19NO. The monoisotopic (exact) mass is 217 g/mol. The lowest BCUT2D eigenvalue weighted by Gasteiger charge is -2.23. The molecule has 0 radical (unpaired) electrons. The van der Waals surface area contributed by atoms with Crippen LogP contribution in [0.2, 0.25) is 0 Å². The van der Waals surface area contributed by atoms with Gasteiger partial charge in [0.05, 0.1) is 0 Å². The Morgan fingerprint density at radius 3 is 2.69 bits per heavy atom. The SMILES string of the molecule is C=CCN(CCC)c1ccc(C=O)c(C)c1. The number of hydrogen-bond donors (Lipinski definition) is 0. The van der Waals surface area contributed by atoms with Crippen molar-refractivity contribution in [2.24, 2.45) is 0 Å². The lowest BCUT2D eigenvalue weighted by Crippen LogP contribution is -2.24. The van der Waals surface area contributed by atoms with E-state index in [0.717, 1.165) is 42.6 Å². The van der Waals surface area contributed by atoms with E-state index in [4.69, 9.17) is 0 Å². The van der Waals surface area contributed by atoms with E-state index >= 15 is 0 Å². The summed E-state index contributed by atoms with van der Waals surface area (Å²) in [5.41, 5.74) is 2.95. The fraction of sp³-hybridized carbons (Fsp3) is 0.357. The number of nitrogens with zero attached hydrogens (tertiary/aromatic N) is 1. The number of benzene rings is 1. The van der Waals surface area contributed by atoms with E-state index in [1.165, 1.54) is 0 Å². The maximum Gasteiger partial charge on any atom is 0.150 e. The van der Waals surface area contributed by atoms with Gasteiger partial charge in [0.15, 0.2) is 0 Å². The minimum absolute atomic E-state index is 0.763. The molecule has 0 fully saturated rings. The molecule has 0 spiro atoms. The first kappa shape index (κ1) is 12.5. The van der Waals surface area contributed by atoms with E-state index in [1.54, 1.807) is 0 Å². The summed E-state index contributed by atoms with van der Waals surface area (Å²) in [6, 6.07) is 5.93. The van der Waals surface area contributed by atoms with Crippen LogP contribution < -0.4 is 4.90 Å². The third kappa shape index (κ3) is 2.96. The van der Waals surface area contributed by atoms with Crippen molar-refractivity contribution in [2.75, 3.05) is 18.0 Å². The fourth-order valence-electron chi connectivity index (χ4n) is 1.74. The summed E-state index contributed by atoms with van der Waals surface area (Å²) in [4.78, 5) is 13.0. The summed E-state index contributed by atoms with van der Waals surface area (Å²) in [6.07, 6.45) is 3.90. The van der Waals surface area contributed by atoms with Crippen molar-refractivity contribution in [3.05, 3.63) is 42.0 Å². The van der Waals surface area contributed by atoms with Gasteiger partial charge in [-0.15, -0.1) is 6.58 Å². The van der Waals surface area contributed by atoms with Gasteiger partial charge in [0.2, 0.25) is 0 Å². The van der Waals surface area contributed by atoms with Gasteiger partial charge >= 0.3 is 0 Å². The molecule has 1 aromatic rings. The Kier molecular flexibility index (Phi) is 4.77. The van der Waals surface area contributed by atoms with Gasteiger partial charge in [-0.1, -0.05) is 13.0 Å². The zero-order valence-corrected chi connectivity index (χ0v) is 10.1. The average Bonchev–Trinajstić information content (AvgIpc) is 2.28. The van der Waals surface area contributed by atoms with E-state index in [1.807, 2.05) is 25.1 Å². The van der Waals surface area contributed by atoms with E-state index in [9.17, 15) is 4.79 Å². The van der Waals surface area contributed by atoms with Crippen LogP contribution in [0.1, 0.15) is 29.3 Å². The molecule has 0 heterocycles. The number of hydrogen-bond acceptors (Lipinski definition) is 2. The van der Waals surface area contributed by atoms with Crippen LogP contribution >= 0.6 is 0 Å². The Hall–Kier alpha value is -1.57. The Morgan fingerprint density at radius 2 is 2.19 bits per heavy atom. The van der Waals surface area contributed by atoms with Crippen LogP contribution in [0.25, 0.3) is 0 Å². The van der Waals surface area contributed by atoms with Crippen molar-refractivity contribution in [1.82, 2.24) is 0 Å². The van der Waals surface area contributed by atoms with Crippen LogP contribution in [0.5, 0.6) is 0 Å². The van der Waals surface area contributed by atoms with Gasteiger partial charge in [0.25, 0.3) is 0 Å². The molecular weight excluding hydrogens is 198 g/mol. The molecule has 0 aliphatic carbocycles. The molecule has 0 unspecified atom stereocenters. The highest BCUT2D eigenvalue weighted by Gasteiger charge is 2.05. The van der Waals surface area contributed by atoms with Gasteiger partial charge in [-0.3, -0.25) is 4.79 Å². The van der Waals surface area contributed by atoms with Crippen LogP contribution in [0, 0.1) is 6.92 Å². The zero-order chi connectivity index (χ0) is 12.0. The van der Waals surface area contributed by atoms with E-state index < -0.39 is 0 Å². The predicted octanol–water partition coefficient (Wildman–Crippen LogP) is 3.21. The minimum Gasteiger partial charge on any atom is -0.368 e. The van der Waals surface area contributed by atoms with Crippen LogP contribution in [0.3, 0.4) is 0 Å². The number of anilines is 1. The maximum absolute atomic E-state index is 10.7. The summed E-state index contributed by atoms with van der Waals surface area (Å²) in [6.45, 7) is 9.73. The van der Waals surface area contributed by atoms with Crippen LogP contribution in [-0.2, 0) is 0 Å². The fourth-order valence-corrected chi connectivity index (χ4v) is 1.74. The molecule has 2 nitrogen and oxygen atoms in total. The summed E-state index contributed by atoms with van der Waals surface area (Å²) in [5.74, 6) is 0. The highest BCUT2D eigenvalue weighted by Crippen LogP contribution is 2.18. The van der Waals surface area contributed by atoms with E-state index in [0.29, 0.717) is 0 Å². The predicted molar refractivity (Wildman–Crippen MR) is 69.3 cm³/mol. The first-order valence-electron chi connectivity index (χ1n) is 5.64. The average molecular weight is 217 g/mol. The van der Waals surface area contributed by atoms with Gasteiger partial charge in [0, 0.05) is 24.3 Å². The normalized spacial score (nSPS) is 9.88. The van der Waals surface area contributed by atoms with Crippen molar-refractivity contribution in [1.29, 1.82) is 0 Å². The van der Waals surface area contributed by atoms with Crippen LogP contribution in [-0.4, -0.2) is 19.4 Å². The quantitative estimate of drug-likeness (QED) is 0.538. The molecule has 0 aromatic heterocycles. The zero-order valence-electron chi connectivity index (χ0n) is 10.1. The second-order valence-corrected chi connectivity index (χ2v) is 3.89. The largest absolute Gasteiger partial charge is 0.368 e. The van der Waals surface area contributed by atoms with Crippen molar-refractivity contribution in [3.63, 3.8) is 0 Å². The van der Waals surface area contributed by atoms with E-state index in [2.05, 4.69) is 24.5 Å². The van der Waals surface area contributed by atoms with Crippen molar-refractivity contribution in [3.8, 4) is 0 Å². The Balaban J connectivity index is 2.95. The Labute approximate surface area is 97.6 Å². The molecule has 0 aliphatic heterocycles. The molecule has 0 amide bonds. The van der Waals surface area contributed by atoms with Crippen molar-refractivity contribution < 1.29 is 4.79 Å². The smallest absolute Gasteiger partial charge is 0.150 e. The molecule has 1 aromatic carbocycles. The number of carbonyl (C=O) groups is 1.